The summed E-state index contributed by atoms with van der Waals surface area (Å²) in [6, 6.07) is 13.6. The lowest BCUT2D eigenvalue weighted by molar-refractivity contribution is 0.879. The molecule has 0 atom stereocenters. The number of benzene rings is 2. The number of hydrogen-bond acceptors (Lipinski definition) is 3. The van der Waals surface area contributed by atoms with Crippen molar-refractivity contribution >= 4 is 28.9 Å². The Kier molecular flexibility index (Phi) is 4.08. The summed E-state index contributed by atoms with van der Waals surface area (Å²) in [5.74, 6) is 0. The molecule has 0 aliphatic heterocycles. The first kappa shape index (κ1) is 13.9. The van der Waals surface area contributed by atoms with Crippen molar-refractivity contribution < 1.29 is 0 Å². The Morgan fingerprint density at radius 3 is 2.48 bits per heavy atom. The van der Waals surface area contributed by atoms with Crippen LogP contribution in [0.5, 0.6) is 0 Å². The van der Waals surface area contributed by atoms with Gasteiger partial charge in [-0.3, -0.25) is 0 Å². The molecule has 0 amide bonds. The van der Waals surface area contributed by atoms with E-state index in [1.165, 1.54) is 6.33 Å². The van der Waals surface area contributed by atoms with Crippen molar-refractivity contribution in [2.45, 2.75) is 6.54 Å². The molecule has 6 heteroatoms. The van der Waals surface area contributed by atoms with E-state index >= 15 is 0 Å². The summed E-state index contributed by atoms with van der Waals surface area (Å²) in [5.41, 5.74) is 3.06. The van der Waals surface area contributed by atoms with Gasteiger partial charge in [0, 0.05) is 12.2 Å². The van der Waals surface area contributed by atoms with E-state index in [1.54, 1.807) is 17.1 Å². The van der Waals surface area contributed by atoms with Crippen LogP contribution in [0.1, 0.15) is 5.56 Å². The number of hydrogen-bond donors (Lipinski definition) is 1. The Balaban J connectivity index is 1.66. The molecule has 0 spiro atoms. The molecule has 2 aromatic carbocycles. The first-order valence-electron chi connectivity index (χ1n) is 6.35. The van der Waals surface area contributed by atoms with E-state index in [2.05, 4.69) is 15.4 Å². The van der Waals surface area contributed by atoms with Crippen LogP contribution < -0.4 is 5.32 Å². The van der Waals surface area contributed by atoms with Crippen LogP contribution >= 0.6 is 23.2 Å². The zero-order valence-electron chi connectivity index (χ0n) is 11.0. The van der Waals surface area contributed by atoms with Gasteiger partial charge in [0.25, 0.3) is 0 Å². The lowest BCUT2D eigenvalue weighted by atomic mass is 10.2. The molecule has 0 unspecified atom stereocenters. The van der Waals surface area contributed by atoms with E-state index in [0.29, 0.717) is 16.6 Å². The molecule has 0 bridgehead atoms. The highest BCUT2D eigenvalue weighted by Gasteiger charge is 2.01. The highest BCUT2D eigenvalue weighted by molar-refractivity contribution is 6.42. The van der Waals surface area contributed by atoms with Crippen molar-refractivity contribution in [1.29, 1.82) is 0 Å². The third kappa shape index (κ3) is 3.35. The zero-order chi connectivity index (χ0) is 14.7. The van der Waals surface area contributed by atoms with Crippen LogP contribution in [-0.4, -0.2) is 14.8 Å². The number of nitrogens with one attached hydrogen (secondary N) is 1. The normalized spacial score (nSPS) is 10.6. The average Bonchev–Trinajstić information content (AvgIpc) is 3.03. The molecule has 0 aliphatic rings. The first-order chi connectivity index (χ1) is 10.2. The lowest BCUT2D eigenvalue weighted by Gasteiger charge is -2.08. The van der Waals surface area contributed by atoms with Crippen molar-refractivity contribution in [2.75, 3.05) is 5.32 Å². The van der Waals surface area contributed by atoms with E-state index in [1.807, 2.05) is 36.4 Å². The van der Waals surface area contributed by atoms with E-state index < -0.39 is 0 Å². The molecule has 0 aliphatic carbocycles. The largest absolute Gasteiger partial charge is 0.381 e. The summed E-state index contributed by atoms with van der Waals surface area (Å²) in [7, 11) is 0. The number of rotatable bonds is 4. The summed E-state index contributed by atoms with van der Waals surface area (Å²) >= 11 is 11.9. The minimum atomic E-state index is 0.567. The quantitative estimate of drug-likeness (QED) is 0.784. The number of aromatic nitrogens is 3. The molecule has 0 radical (unpaired) electrons. The Morgan fingerprint density at radius 2 is 1.81 bits per heavy atom. The van der Waals surface area contributed by atoms with E-state index in [9.17, 15) is 0 Å². The van der Waals surface area contributed by atoms with Gasteiger partial charge in [-0.1, -0.05) is 29.3 Å². The Hall–Kier alpha value is -2.04. The minimum absolute atomic E-state index is 0.567. The fourth-order valence-electron chi connectivity index (χ4n) is 1.93. The Morgan fingerprint density at radius 1 is 1.00 bits per heavy atom. The van der Waals surface area contributed by atoms with Crippen molar-refractivity contribution in [3.8, 4) is 5.69 Å². The predicted molar refractivity (Wildman–Crippen MR) is 85.1 cm³/mol. The van der Waals surface area contributed by atoms with Gasteiger partial charge in [-0.15, -0.1) is 0 Å². The minimum Gasteiger partial charge on any atom is -0.381 e. The van der Waals surface area contributed by atoms with E-state index in [-0.39, 0.29) is 0 Å². The maximum absolute atomic E-state index is 6.00. The van der Waals surface area contributed by atoms with E-state index in [0.717, 1.165) is 16.9 Å². The second-order valence-corrected chi connectivity index (χ2v) is 5.30. The predicted octanol–water partition coefficient (Wildman–Crippen LogP) is 4.19. The SMILES string of the molecule is Clc1ccc(CNc2ccc(-n3cncn3)cc2)cc1Cl. The van der Waals surface area contributed by atoms with Gasteiger partial charge in [0.2, 0.25) is 0 Å². The summed E-state index contributed by atoms with van der Waals surface area (Å²) in [5, 5.41) is 8.55. The Bertz CT molecular complexity index is 724. The summed E-state index contributed by atoms with van der Waals surface area (Å²) in [6.07, 6.45) is 3.18. The van der Waals surface area contributed by atoms with Crippen LogP contribution in [0.4, 0.5) is 5.69 Å². The van der Waals surface area contributed by atoms with Gasteiger partial charge in [0.05, 0.1) is 15.7 Å². The third-order valence-corrected chi connectivity index (χ3v) is 3.77. The van der Waals surface area contributed by atoms with E-state index in [4.69, 9.17) is 23.2 Å². The topological polar surface area (TPSA) is 42.7 Å². The molecule has 1 heterocycles. The maximum atomic E-state index is 6.00. The van der Waals surface area contributed by atoms with Crippen molar-refractivity contribution in [2.24, 2.45) is 0 Å². The van der Waals surface area contributed by atoms with Gasteiger partial charge < -0.3 is 5.32 Å². The van der Waals surface area contributed by atoms with Crippen LogP contribution in [0.15, 0.2) is 55.1 Å². The summed E-state index contributed by atoms with van der Waals surface area (Å²) < 4.78 is 1.71. The van der Waals surface area contributed by atoms with Crippen LogP contribution in [-0.2, 0) is 6.54 Å². The maximum Gasteiger partial charge on any atom is 0.138 e. The molecule has 0 saturated heterocycles. The van der Waals surface area contributed by atoms with Gasteiger partial charge in [-0.05, 0) is 42.0 Å². The molecular weight excluding hydrogens is 307 g/mol. The van der Waals surface area contributed by atoms with Crippen LogP contribution in [0.25, 0.3) is 5.69 Å². The van der Waals surface area contributed by atoms with Crippen LogP contribution in [0, 0.1) is 0 Å². The summed E-state index contributed by atoms with van der Waals surface area (Å²) in [4.78, 5) is 3.93. The molecule has 1 aromatic heterocycles. The molecule has 0 saturated carbocycles. The van der Waals surface area contributed by atoms with Gasteiger partial charge in [0.15, 0.2) is 0 Å². The molecule has 1 N–H and O–H groups in total. The summed E-state index contributed by atoms with van der Waals surface area (Å²) in [6.45, 7) is 0.680. The highest BCUT2D eigenvalue weighted by Crippen LogP contribution is 2.23. The van der Waals surface area contributed by atoms with Crippen LogP contribution in [0.2, 0.25) is 10.0 Å². The van der Waals surface area contributed by atoms with Gasteiger partial charge in [-0.2, -0.15) is 5.10 Å². The molecule has 106 valence electrons. The fraction of sp³-hybridized carbons (Fsp3) is 0.0667. The molecule has 21 heavy (non-hydrogen) atoms. The molecule has 3 rings (SSSR count). The standard InChI is InChI=1S/C15H12Cl2N4/c16-14-6-1-11(7-15(14)17)8-19-12-2-4-13(5-3-12)21-10-18-9-20-21/h1-7,9-10,19H,8H2. The van der Waals surface area contributed by atoms with Gasteiger partial charge >= 0.3 is 0 Å². The smallest absolute Gasteiger partial charge is 0.138 e. The van der Waals surface area contributed by atoms with Crippen LogP contribution in [0.3, 0.4) is 0 Å². The molecular formula is C15H12Cl2N4. The van der Waals surface area contributed by atoms with Crippen molar-refractivity contribution in [1.82, 2.24) is 14.8 Å². The number of nitrogens with zero attached hydrogens (tertiary/aromatic N) is 3. The highest BCUT2D eigenvalue weighted by atomic mass is 35.5. The lowest BCUT2D eigenvalue weighted by Crippen LogP contribution is -2.00. The zero-order valence-corrected chi connectivity index (χ0v) is 12.5. The number of halogens is 2. The molecule has 4 nitrogen and oxygen atoms in total. The second kappa shape index (κ2) is 6.16. The average molecular weight is 319 g/mol. The monoisotopic (exact) mass is 318 g/mol. The number of anilines is 1. The van der Waals surface area contributed by atoms with Gasteiger partial charge in [0.1, 0.15) is 12.7 Å². The first-order valence-corrected chi connectivity index (χ1v) is 7.11. The Labute approximate surface area is 132 Å². The molecule has 3 aromatic rings. The second-order valence-electron chi connectivity index (χ2n) is 4.49. The third-order valence-electron chi connectivity index (χ3n) is 3.03. The van der Waals surface area contributed by atoms with Gasteiger partial charge in [-0.25, -0.2) is 9.67 Å². The van der Waals surface area contributed by atoms with Crippen molar-refractivity contribution in [3.63, 3.8) is 0 Å². The van der Waals surface area contributed by atoms with Crippen molar-refractivity contribution in [3.05, 3.63) is 70.7 Å². The fourth-order valence-corrected chi connectivity index (χ4v) is 2.25. The molecule has 0 fully saturated rings.